The van der Waals surface area contributed by atoms with Gasteiger partial charge in [0.2, 0.25) is 11.8 Å². The first-order valence-electron chi connectivity index (χ1n) is 11.7. The van der Waals surface area contributed by atoms with Gasteiger partial charge in [-0.3, -0.25) is 24.1 Å². The van der Waals surface area contributed by atoms with E-state index >= 15 is 0 Å². The van der Waals surface area contributed by atoms with Gasteiger partial charge in [0, 0.05) is 22.6 Å². The molecule has 11 heteroatoms. The highest BCUT2D eigenvalue weighted by Gasteiger charge is 2.69. The predicted molar refractivity (Wildman–Crippen MR) is 127 cm³/mol. The Bertz CT molecular complexity index is 1300. The van der Waals surface area contributed by atoms with Gasteiger partial charge in [-0.05, 0) is 48.8 Å². The number of fused-ring (bicyclic) bond motifs is 9. The zero-order chi connectivity index (χ0) is 24.6. The van der Waals surface area contributed by atoms with Gasteiger partial charge in [-0.25, -0.2) is 0 Å². The Labute approximate surface area is 208 Å². The summed E-state index contributed by atoms with van der Waals surface area (Å²) in [6.07, 6.45) is 0.497. The number of thiazole rings is 1. The van der Waals surface area contributed by atoms with Crippen LogP contribution in [0.3, 0.4) is 0 Å². The number of aromatic nitrogens is 1. The first-order chi connectivity index (χ1) is 16.8. The van der Waals surface area contributed by atoms with Crippen LogP contribution in [-0.2, 0) is 14.4 Å². The van der Waals surface area contributed by atoms with E-state index in [-0.39, 0.29) is 64.3 Å². The Morgan fingerprint density at radius 1 is 1.20 bits per heavy atom. The zero-order valence-electron chi connectivity index (χ0n) is 18.8. The van der Waals surface area contributed by atoms with Crippen molar-refractivity contribution < 1.29 is 29.3 Å². The maximum Gasteiger partial charge on any atom is 0.305 e. The molecule has 1 aromatic carbocycles. The van der Waals surface area contributed by atoms with Crippen LogP contribution < -0.4 is 9.61 Å². The number of carboxylic acids is 1. The van der Waals surface area contributed by atoms with E-state index in [1.165, 1.54) is 11.3 Å². The highest BCUT2D eigenvalue weighted by Crippen LogP contribution is 2.68. The highest BCUT2D eigenvalue weighted by atomic mass is 32.2. The van der Waals surface area contributed by atoms with Crippen molar-refractivity contribution in [1.29, 1.82) is 0 Å². The van der Waals surface area contributed by atoms with Gasteiger partial charge in [-0.1, -0.05) is 17.4 Å². The number of ether oxygens (including phenoxy) is 1. The van der Waals surface area contributed by atoms with Gasteiger partial charge in [0.1, 0.15) is 0 Å². The number of hydrogen-bond donors (Lipinski definition) is 3. The number of rotatable bonds is 6. The summed E-state index contributed by atoms with van der Waals surface area (Å²) in [6.45, 7) is 2.13. The second kappa shape index (κ2) is 8.12. The van der Waals surface area contributed by atoms with E-state index in [2.05, 4.69) is 4.98 Å². The number of carboxylic acid groups (broad SMARTS) is 1. The number of aromatic hydroxyl groups is 1. The quantitative estimate of drug-likeness (QED) is 0.498. The van der Waals surface area contributed by atoms with Crippen LogP contribution in [0.5, 0.6) is 11.5 Å². The van der Waals surface area contributed by atoms with Crippen molar-refractivity contribution in [1.82, 2.24) is 9.88 Å². The predicted octanol–water partition coefficient (Wildman–Crippen LogP) is 2.49. The molecule has 7 atom stereocenters. The fourth-order valence-electron chi connectivity index (χ4n) is 6.87. The lowest BCUT2D eigenvalue weighted by Gasteiger charge is -2.43. The molecule has 35 heavy (non-hydrogen) atoms. The second-order valence-electron chi connectivity index (χ2n) is 9.59. The molecule has 3 heterocycles. The van der Waals surface area contributed by atoms with Crippen molar-refractivity contribution in [2.45, 2.75) is 36.0 Å². The first-order valence-corrected chi connectivity index (χ1v) is 13.4. The molecule has 6 rings (SSSR count). The topological polar surface area (TPSA) is 137 Å². The fraction of sp³-hybridized carbons (Fsp3) is 0.500. The average Bonchev–Trinajstić information content (AvgIpc) is 3.53. The van der Waals surface area contributed by atoms with Gasteiger partial charge in [0.05, 0.1) is 29.9 Å². The Morgan fingerprint density at radius 3 is 2.66 bits per heavy atom. The van der Waals surface area contributed by atoms with Gasteiger partial charge in [0.25, 0.3) is 0 Å². The van der Waals surface area contributed by atoms with E-state index < -0.39 is 17.8 Å². The molecule has 0 radical (unpaired) electrons. The molecule has 2 saturated carbocycles. The molecule has 0 spiro atoms. The maximum absolute atomic E-state index is 13.3. The van der Waals surface area contributed by atoms with Crippen LogP contribution in [0.15, 0.2) is 28.0 Å². The third-order valence-corrected chi connectivity index (χ3v) is 10.6. The smallest absolute Gasteiger partial charge is 0.305 e. The van der Waals surface area contributed by atoms with Crippen LogP contribution in [-0.4, -0.2) is 56.3 Å². The number of carbonyl (C=O) groups is 3. The van der Waals surface area contributed by atoms with Crippen LogP contribution in [0, 0.1) is 29.6 Å². The average molecular weight is 517 g/mol. The minimum Gasteiger partial charge on any atom is -0.504 e. The normalized spacial score (nSPS) is 32.5. The Kier molecular flexibility index (Phi) is 5.26. The van der Waals surface area contributed by atoms with Crippen molar-refractivity contribution in [3.8, 4) is 11.5 Å². The summed E-state index contributed by atoms with van der Waals surface area (Å²) in [7, 11) is 0. The molecule has 9 nitrogen and oxygen atoms in total. The molecule has 184 valence electrons. The van der Waals surface area contributed by atoms with Crippen molar-refractivity contribution in [3.05, 3.63) is 38.3 Å². The number of aliphatic carboxylic acids is 1. The lowest BCUT2D eigenvalue weighted by molar-refractivity contribution is -0.142. The molecule has 2 bridgehead atoms. The van der Waals surface area contributed by atoms with Gasteiger partial charge in [-0.15, -0.1) is 11.8 Å². The Morgan fingerprint density at radius 2 is 1.94 bits per heavy atom. The van der Waals surface area contributed by atoms with Crippen molar-refractivity contribution in [2.75, 3.05) is 13.2 Å². The van der Waals surface area contributed by atoms with Crippen LogP contribution in [0.25, 0.3) is 0 Å². The molecule has 3 fully saturated rings. The van der Waals surface area contributed by atoms with Gasteiger partial charge < -0.3 is 19.9 Å². The molecule has 2 aliphatic carbocycles. The number of hydrogen-bond acceptors (Lipinski definition) is 8. The molecule has 1 saturated heterocycles. The molecular weight excluding hydrogens is 492 g/mol. The van der Waals surface area contributed by atoms with Crippen LogP contribution in [0.4, 0.5) is 0 Å². The standard InChI is InChI=1S/C24H24N2O7S2/c1-2-33-13-7-9(3-4-12(13)27)15-16-10-8-11(19(16)34-21-20(15)35-24(32)25-21)18-17(10)22(30)26(23(18)31)6-5-14(28)29/h3-4,7,10-11,15-19,27H,2,5-6,8H2,1H3,(H,25,32)(H,28,29)/t10-,11+,15+,16+,17+,18+,19-/m1/s1. The van der Waals surface area contributed by atoms with Crippen molar-refractivity contribution in [2.24, 2.45) is 29.6 Å². The summed E-state index contributed by atoms with van der Waals surface area (Å²) in [5.74, 6) is -2.24. The molecule has 3 N–H and O–H groups in total. The number of thioether (sulfide) groups is 1. The third-order valence-electron chi connectivity index (χ3n) is 8.01. The van der Waals surface area contributed by atoms with Gasteiger partial charge in [-0.2, -0.15) is 0 Å². The summed E-state index contributed by atoms with van der Waals surface area (Å²) in [6, 6.07) is 5.25. The van der Waals surface area contributed by atoms with Crippen molar-refractivity contribution in [3.63, 3.8) is 0 Å². The summed E-state index contributed by atoms with van der Waals surface area (Å²) in [4.78, 5) is 54.9. The van der Waals surface area contributed by atoms with E-state index in [4.69, 9.17) is 9.84 Å². The fourth-order valence-corrected chi connectivity index (χ4v) is 9.76. The molecule has 4 aliphatic rings. The number of aromatic amines is 1. The van der Waals surface area contributed by atoms with E-state index in [0.29, 0.717) is 12.4 Å². The van der Waals surface area contributed by atoms with E-state index in [1.54, 1.807) is 17.8 Å². The molecule has 2 amide bonds. The summed E-state index contributed by atoms with van der Waals surface area (Å²) in [5, 5.41) is 20.2. The summed E-state index contributed by atoms with van der Waals surface area (Å²) >= 11 is 2.77. The van der Waals surface area contributed by atoms with Gasteiger partial charge >= 0.3 is 10.8 Å². The monoisotopic (exact) mass is 516 g/mol. The number of phenolic OH excluding ortho intramolecular Hbond substituents is 1. The Balaban J connectivity index is 1.42. The number of carbonyl (C=O) groups excluding carboxylic acids is 2. The number of phenols is 1. The van der Waals surface area contributed by atoms with Gasteiger partial charge in [0.15, 0.2) is 11.5 Å². The number of benzene rings is 1. The largest absolute Gasteiger partial charge is 0.504 e. The van der Waals surface area contributed by atoms with E-state index in [9.17, 15) is 24.3 Å². The minimum absolute atomic E-state index is 0.0196. The highest BCUT2D eigenvalue weighted by molar-refractivity contribution is 8.00. The molecule has 2 aliphatic heterocycles. The second-order valence-corrected chi connectivity index (χ2v) is 11.8. The van der Waals surface area contributed by atoms with Crippen LogP contribution in [0.2, 0.25) is 0 Å². The zero-order valence-corrected chi connectivity index (χ0v) is 20.4. The van der Waals surface area contributed by atoms with Crippen LogP contribution in [0.1, 0.15) is 36.1 Å². The van der Waals surface area contributed by atoms with Crippen molar-refractivity contribution >= 4 is 40.9 Å². The number of likely N-dealkylation sites (tertiary alicyclic amines) is 1. The van der Waals surface area contributed by atoms with E-state index in [0.717, 1.165) is 26.8 Å². The molecule has 0 unspecified atom stereocenters. The number of amides is 2. The van der Waals surface area contributed by atoms with E-state index in [1.807, 2.05) is 19.1 Å². The molecule has 2 aromatic rings. The summed E-state index contributed by atoms with van der Waals surface area (Å²) < 4.78 is 5.62. The number of H-pyrrole nitrogens is 1. The maximum atomic E-state index is 13.3. The minimum atomic E-state index is -1.04. The molecular formula is C24H24N2O7S2. The third kappa shape index (κ3) is 3.27. The van der Waals surface area contributed by atoms with Crippen LogP contribution >= 0.6 is 23.1 Å². The SMILES string of the molecule is CCOc1cc([C@@H]2c3sc(=O)[nH]c3S[C@@H]3[C@H]4C[C@@H]([C@@H]5C(=O)N(CCC(=O)O)C(=O)[C@@H]45)[C@@H]23)ccc1O. The number of imide groups is 1. The number of nitrogens with zero attached hydrogens (tertiary/aromatic N) is 1. The molecule has 1 aromatic heterocycles. The Hall–Kier alpha value is -2.79. The lowest BCUT2D eigenvalue weighted by Crippen LogP contribution is -2.42. The summed E-state index contributed by atoms with van der Waals surface area (Å²) in [5.41, 5.74) is 0.904. The first kappa shape index (κ1) is 22.7. The number of nitrogens with one attached hydrogen (secondary N) is 1. The lowest BCUT2D eigenvalue weighted by atomic mass is 9.68.